The van der Waals surface area contributed by atoms with Crippen molar-refractivity contribution in [1.82, 2.24) is 5.32 Å². The topological polar surface area (TPSA) is 41.5 Å². The van der Waals surface area contributed by atoms with Crippen LogP contribution >= 0.6 is 0 Å². The fraction of sp³-hybridized carbons (Fsp3) is 0.368. The minimum Gasteiger partial charge on any atom is -0.489 e. The molecule has 0 aliphatic carbocycles. The van der Waals surface area contributed by atoms with E-state index < -0.39 is 5.60 Å². The molecule has 3 nitrogen and oxygen atoms in total. The Morgan fingerprint density at radius 3 is 2.55 bits per heavy atom. The first kappa shape index (κ1) is 16.5. The number of ether oxygens (including phenoxy) is 1. The van der Waals surface area contributed by atoms with Gasteiger partial charge in [-0.15, -0.1) is 0 Å². The van der Waals surface area contributed by atoms with E-state index in [9.17, 15) is 5.11 Å². The third kappa shape index (κ3) is 4.09. The van der Waals surface area contributed by atoms with Gasteiger partial charge < -0.3 is 15.2 Å². The molecular weight excluding hydrogens is 274 g/mol. The standard InChI is InChI=1S/C17H19NO2.C2H6/c19-17(9-10-18-13-17)15-7-4-8-16(11-15)20-12-14-5-2-1-3-6-14;1-2/h1-8,11,18-19H,9-10,12-13H2;1-2H3. The van der Waals surface area contributed by atoms with Crippen molar-refractivity contribution in [1.29, 1.82) is 0 Å². The second-order valence-electron chi connectivity index (χ2n) is 5.26. The number of β-amino-alcohol motifs (C(OH)–C–C–N with tert-alkyl or cyclic N) is 1. The van der Waals surface area contributed by atoms with Crippen molar-refractivity contribution in [3.05, 3.63) is 65.7 Å². The Morgan fingerprint density at radius 2 is 1.86 bits per heavy atom. The first-order chi connectivity index (χ1) is 10.8. The number of aliphatic hydroxyl groups is 1. The van der Waals surface area contributed by atoms with Gasteiger partial charge in [0.15, 0.2) is 0 Å². The van der Waals surface area contributed by atoms with E-state index in [0.29, 0.717) is 13.2 Å². The molecule has 2 aromatic rings. The van der Waals surface area contributed by atoms with E-state index in [1.165, 1.54) is 0 Å². The molecule has 0 saturated carbocycles. The number of hydrogen-bond donors (Lipinski definition) is 2. The van der Waals surface area contributed by atoms with Gasteiger partial charge in [-0.3, -0.25) is 0 Å². The largest absolute Gasteiger partial charge is 0.489 e. The molecule has 1 atom stereocenters. The molecule has 0 radical (unpaired) electrons. The molecule has 2 N–H and O–H groups in total. The van der Waals surface area contributed by atoms with Crippen LogP contribution in [-0.2, 0) is 12.2 Å². The van der Waals surface area contributed by atoms with Crippen LogP contribution in [0.15, 0.2) is 54.6 Å². The molecule has 3 heteroatoms. The lowest BCUT2D eigenvalue weighted by atomic mass is 9.93. The van der Waals surface area contributed by atoms with E-state index in [2.05, 4.69) is 5.32 Å². The van der Waals surface area contributed by atoms with Crippen molar-refractivity contribution in [2.24, 2.45) is 0 Å². The molecule has 2 aromatic carbocycles. The fourth-order valence-corrected chi connectivity index (χ4v) is 2.54. The summed E-state index contributed by atoms with van der Waals surface area (Å²) in [6.07, 6.45) is 0.745. The number of hydrogen-bond acceptors (Lipinski definition) is 3. The lowest BCUT2D eigenvalue weighted by Crippen LogP contribution is -2.28. The van der Waals surface area contributed by atoms with Crippen molar-refractivity contribution < 1.29 is 9.84 Å². The molecule has 0 spiro atoms. The summed E-state index contributed by atoms with van der Waals surface area (Å²) in [5, 5.41) is 13.8. The molecule has 1 aliphatic heterocycles. The van der Waals surface area contributed by atoms with E-state index in [4.69, 9.17) is 4.74 Å². The Hall–Kier alpha value is -1.84. The van der Waals surface area contributed by atoms with E-state index in [0.717, 1.165) is 29.8 Å². The van der Waals surface area contributed by atoms with Crippen molar-refractivity contribution in [3.63, 3.8) is 0 Å². The summed E-state index contributed by atoms with van der Waals surface area (Å²) >= 11 is 0. The van der Waals surface area contributed by atoms with Crippen molar-refractivity contribution >= 4 is 0 Å². The minimum atomic E-state index is -0.758. The van der Waals surface area contributed by atoms with Crippen molar-refractivity contribution in [3.8, 4) is 5.75 Å². The first-order valence-corrected chi connectivity index (χ1v) is 7.97. The fourth-order valence-electron chi connectivity index (χ4n) is 2.54. The molecule has 0 bridgehead atoms. The average molecular weight is 299 g/mol. The van der Waals surface area contributed by atoms with Crippen LogP contribution in [0.5, 0.6) is 5.75 Å². The van der Waals surface area contributed by atoms with Crippen molar-refractivity contribution in [2.45, 2.75) is 32.5 Å². The lowest BCUT2D eigenvalue weighted by molar-refractivity contribution is 0.0584. The summed E-state index contributed by atoms with van der Waals surface area (Å²) in [7, 11) is 0. The predicted molar refractivity (Wildman–Crippen MR) is 89.9 cm³/mol. The summed E-state index contributed by atoms with van der Waals surface area (Å²) < 4.78 is 5.81. The maximum absolute atomic E-state index is 10.6. The van der Waals surface area contributed by atoms with E-state index in [-0.39, 0.29) is 0 Å². The predicted octanol–water partition coefficient (Wildman–Crippen LogP) is 3.47. The Bertz CT molecular complexity index is 563. The normalized spacial score (nSPS) is 20.1. The molecule has 1 saturated heterocycles. The van der Waals surface area contributed by atoms with Gasteiger partial charge in [-0.05, 0) is 36.2 Å². The second kappa shape index (κ2) is 7.97. The molecule has 0 amide bonds. The molecule has 1 unspecified atom stereocenters. The molecule has 1 fully saturated rings. The zero-order valence-corrected chi connectivity index (χ0v) is 13.4. The first-order valence-electron chi connectivity index (χ1n) is 7.97. The van der Waals surface area contributed by atoms with Crippen LogP contribution in [0.25, 0.3) is 0 Å². The molecule has 118 valence electrons. The van der Waals surface area contributed by atoms with Crippen LogP contribution < -0.4 is 10.1 Å². The zero-order chi connectivity index (χ0) is 15.8. The van der Waals surface area contributed by atoms with Gasteiger partial charge >= 0.3 is 0 Å². The van der Waals surface area contributed by atoms with Crippen molar-refractivity contribution in [2.75, 3.05) is 13.1 Å². The Labute approximate surface area is 133 Å². The van der Waals surface area contributed by atoms with Crippen LogP contribution in [0, 0.1) is 0 Å². The van der Waals surface area contributed by atoms with Gasteiger partial charge in [0.25, 0.3) is 0 Å². The number of benzene rings is 2. The second-order valence-corrected chi connectivity index (χ2v) is 5.26. The highest BCUT2D eigenvalue weighted by Crippen LogP contribution is 2.30. The summed E-state index contributed by atoms with van der Waals surface area (Å²) in [6, 6.07) is 17.8. The quantitative estimate of drug-likeness (QED) is 0.908. The average Bonchev–Trinajstić information content (AvgIpc) is 3.04. The Morgan fingerprint density at radius 1 is 1.09 bits per heavy atom. The molecular formula is C19H25NO2. The van der Waals surface area contributed by atoms with Crippen LogP contribution in [0.4, 0.5) is 0 Å². The smallest absolute Gasteiger partial charge is 0.120 e. The Kier molecular flexibility index (Phi) is 5.99. The summed E-state index contributed by atoms with van der Waals surface area (Å²) in [4.78, 5) is 0. The Balaban J connectivity index is 0.000000847. The summed E-state index contributed by atoms with van der Waals surface area (Å²) in [5.41, 5.74) is 1.30. The maximum atomic E-state index is 10.6. The highest BCUT2D eigenvalue weighted by molar-refractivity contribution is 5.33. The van der Waals surface area contributed by atoms with E-state index in [1.54, 1.807) is 0 Å². The molecule has 22 heavy (non-hydrogen) atoms. The van der Waals surface area contributed by atoms with Gasteiger partial charge in [-0.1, -0.05) is 56.3 Å². The van der Waals surface area contributed by atoms with Crippen LogP contribution in [0.2, 0.25) is 0 Å². The van der Waals surface area contributed by atoms with Gasteiger partial charge in [0.1, 0.15) is 18.0 Å². The lowest BCUT2D eigenvalue weighted by Gasteiger charge is -2.22. The highest BCUT2D eigenvalue weighted by Gasteiger charge is 2.33. The monoisotopic (exact) mass is 299 g/mol. The SMILES string of the molecule is CC.OC1(c2cccc(OCc3ccccc3)c2)CCNC1. The van der Waals surface area contributed by atoms with E-state index in [1.807, 2.05) is 68.4 Å². The van der Waals surface area contributed by atoms with E-state index >= 15 is 0 Å². The summed E-state index contributed by atoms with van der Waals surface area (Å²) in [6.45, 7) is 6.00. The molecule has 3 rings (SSSR count). The molecule has 0 aromatic heterocycles. The minimum absolute atomic E-state index is 0.543. The zero-order valence-electron chi connectivity index (χ0n) is 13.4. The number of rotatable bonds is 4. The summed E-state index contributed by atoms with van der Waals surface area (Å²) in [5.74, 6) is 0.798. The highest BCUT2D eigenvalue weighted by atomic mass is 16.5. The van der Waals surface area contributed by atoms with Gasteiger partial charge in [-0.2, -0.15) is 0 Å². The van der Waals surface area contributed by atoms with Gasteiger partial charge in [0.05, 0.1) is 0 Å². The number of nitrogens with one attached hydrogen (secondary N) is 1. The van der Waals surface area contributed by atoms with Gasteiger partial charge in [-0.25, -0.2) is 0 Å². The third-order valence-electron chi connectivity index (χ3n) is 3.75. The van der Waals surface area contributed by atoms with Gasteiger partial charge in [0.2, 0.25) is 0 Å². The molecule has 1 aliphatic rings. The maximum Gasteiger partial charge on any atom is 0.120 e. The van der Waals surface area contributed by atoms with Crippen LogP contribution in [-0.4, -0.2) is 18.2 Å². The molecule has 1 heterocycles. The van der Waals surface area contributed by atoms with Gasteiger partial charge in [0, 0.05) is 6.54 Å². The van der Waals surface area contributed by atoms with Crippen LogP contribution in [0.3, 0.4) is 0 Å². The third-order valence-corrected chi connectivity index (χ3v) is 3.75. The van der Waals surface area contributed by atoms with Crippen LogP contribution in [0.1, 0.15) is 31.4 Å².